The molecule has 13 heteroatoms. The van der Waals surface area contributed by atoms with Crippen molar-refractivity contribution in [3.63, 3.8) is 0 Å². The quantitative estimate of drug-likeness (QED) is 0.181. The Morgan fingerprint density at radius 3 is 2.28 bits per heavy atom. The molecule has 2 fully saturated rings. The SMILES string of the molecule is NC(=O)C[C@H]1C(=O)N(CC(=O)O)CCN1C(=O)CNC(=O)C1CCC(CN=C(N)N)CC1. The third kappa shape index (κ3) is 7.10. The van der Waals surface area contributed by atoms with E-state index >= 15 is 0 Å². The molecule has 0 aromatic rings. The van der Waals surface area contributed by atoms with Crippen LogP contribution in [0.15, 0.2) is 4.99 Å². The number of aliphatic imine (C=N–C) groups is 1. The number of amides is 4. The first-order valence-electron chi connectivity index (χ1n) is 10.5. The second-order valence-corrected chi connectivity index (χ2v) is 8.13. The van der Waals surface area contributed by atoms with E-state index in [1.165, 1.54) is 4.90 Å². The first-order chi connectivity index (χ1) is 15.1. The van der Waals surface area contributed by atoms with Gasteiger partial charge in [-0.25, -0.2) is 0 Å². The minimum atomic E-state index is -1.20. The minimum Gasteiger partial charge on any atom is -0.480 e. The Morgan fingerprint density at radius 2 is 1.72 bits per heavy atom. The molecule has 1 atom stereocenters. The maximum absolute atomic E-state index is 12.7. The molecular weight excluding hydrogens is 422 g/mol. The zero-order chi connectivity index (χ0) is 23.8. The van der Waals surface area contributed by atoms with Crippen LogP contribution in [-0.4, -0.2) is 89.2 Å². The van der Waals surface area contributed by atoms with Gasteiger partial charge in [0.05, 0.1) is 13.0 Å². The average molecular weight is 454 g/mol. The molecule has 0 bridgehead atoms. The zero-order valence-corrected chi connectivity index (χ0v) is 17.9. The van der Waals surface area contributed by atoms with E-state index in [2.05, 4.69) is 10.3 Å². The van der Waals surface area contributed by atoms with Crippen molar-refractivity contribution < 1.29 is 29.1 Å². The molecule has 0 radical (unpaired) electrons. The lowest BCUT2D eigenvalue weighted by atomic mass is 9.81. The van der Waals surface area contributed by atoms with Crippen LogP contribution in [0.4, 0.5) is 0 Å². The summed E-state index contributed by atoms with van der Waals surface area (Å²) in [6.07, 6.45) is 2.48. The van der Waals surface area contributed by atoms with Gasteiger partial charge in [0.15, 0.2) is 5.96 Å². The number of hydrogen-bond donors (Lipinski definition) is 5. The van der Waals surface area contributed by atoms with Gasteiger partial charge >= 0.3 is 5.97 Å². The third-order valence-electron chi connectivity index (χ3n) is 5.79. The molecule has 2 aliphatic rings. The van der Waals surface area contributed by atoms with Gasteiger partial charge in [-0.05, 0) is 31.6 Å². The number of nitrogens with one attached hydrogen (secondary N) is 1. The van der Waals surface area contributed by atoms with E-state index in [9.17, 15) is 24.0 Å². The fourth-order valence-electron chi connectivity index (χ4n) is 4.10. The van der Waals surface area contributed by atoms with Crippen LogP contribution >= 0.6 is 0 Å². The fourth-order valence-corrected chi connectivity index (χ4v) is 4.10. The number of carboxylic acids is 1. The largest absolute Gasteiger partial charge is 0.480 e. The Labute approximate surface area is 185 Å². The topological polar surface area (TPSA) is 215 Å². The molecule has 13 nitrogen and oxygen atoms in total. The van der Waals surface area contributed by atoms with E-state index in [0.29, 0.717) is 25.3 Å². The van der Waals surface area contributed by atoms with E-state index in [1.807, 2.05) is 0 Å². The van der Waals surface area contributed by atoms with Crippen LogP contribution in [0.3, 0.4) is 0 Å². The van der Waals surface area contributed by atoms with Gasteiger partial charge in [0.1, 0.15) is 12.6 Å². The molecular formula is C19H31N7O6. The standard InChI is InChI=1S/C19H31N7O6/c20-14(27)7-13-18(32)25(10-16(29)30)5-6-26(13)15(28)9-23-17(31)12-3-1-11(2-4-12)8-24-19(21)22/h11-13H,1-10H2,(H2,20,27)(H,23,31)(H,29,30)(H4,21,22,24)/t11?,12?,13-/m0/s1. The van der Waals surface area contributed by atoms with Crippen LogP contribution < -0.4 is 22.5 Å². The number of nitrogens with zero attached hydrogens (tertiary/aromatic N) is 3. The predicted octanol–water partition coefficient (Wildman–Crippen LogP) is -2.82. The summed E-state index contributed by atoms with van der Waals surface area (Å²) in [7, 11) is 0. The number of piperazine rings is 1. The van der Waals surface area contributed by atoms with Crippen molar-refractivity contribution in [1.29, 1.82) is 0 Å². The van der Waals surface area contributed by atoms with Crippen LogP contribution in [0.2, 0.25) is 0 Å². The highest BCUT2D eigenvalue weighted by Crippen LogP contribution is 2.29. The Bertz CT molecular complexity index is 774. The van der Waals surface area contributed by atoms with Crippen LogP contribution in [0, 0.1) is 11.8 Å². The first-order valence-corrected chi connectivity index (χ1v) is 10.5. The van der Waals surface area contributed by atoms with Gasteiger partial charge in [-0.15, -0.1) is 0 Å². The van der Waals surface area contributed by atoms with Crippen molar-refractivity contribution in [2.45, 2.75) is 38.1 Å². The van der Waals surface area contributed by atoms with Crippen LogP contribution in [0.5, 0.6) is 0 Å². The maximum Gasteiger partial charge on any atom is 0.323 e. The van der Waals surface area contributed by atoms with E-state index in [0.717, 1.165) is 17.7 Å². The highest BCUT2D eigenvalue weighted by Gasteiger charge is 2.39. The normalized spacial score (nSPS) is 23.4. The van der Waals surface area contributed by atoms with Gasteiger partial charge in [-0.1, -0.05) is 0 Å². The monoisotopic (exact) mass is 453 g/mol. The number of primary amides is 1. The van der Waals surface area contributed by atoms with Crippen molar-refractivity contribution in [3.8, 4) is 0 Å². The molecule has 1 heterocycles. The Morgan fingerprint density at radius 1 is 1.06 bits per heavy atom. The van der Waals surface area contributed by atoms with Crippen molar-refractivity contribution in [3.05, 3.63) is 0 Å². The summed E-state index contributed by atoms with van der Waals surface area (Å²) in [4.78, 5) is 66.3. The number of guanidine groups is 1. The second-order valence-electron chi connectivity index (χ2n) is 8.13. The predicted molar refractivity (Wildman–Crippen MR) is 113 cm³/mol. The summed E-state index contributed by atoms with van der Waals surface area (Å²) < 4.78 is 0. The van der Waals surface area contributed by atoms with E-state index < -0.39 is 42.7 Å². The van der Waals surface area contributed by atoms with Crippen molar-refractivity contribution in [2.24, 2.45) is 34.0 Å². The summed E-state index contributed by atoms with van der Waals surface area (Å²) in [5.41, 5.74) is 15.9. The summed E-state index contributed by atoms with van der Waals surface area (Å²) in [5.74, 6) is -3.30. The number of carboxylic acid groups (broad SMARTS) is 1. The molecule has 178 valence electrons. The molecule has 0 aromatic heterocycles. The maximum atomic E-state index is 12.7. The van der Waals surface area contributed by atoms with Gasteiger partial charge in [-0.3, -0.25) is 29.0 Å². The highest BCUT2D eigenvalue weighted by molar-refractivity contribution is 5.95. The molecule has 32 heavy (non-hydrogen) atoms. The van der Waals surface area contributed by atoms with Gasteiger partial charge in [0.2, 0.25) is 23.6 Å². The number of carbonyl (C=O) groups is 5. The summed E-state index contributed by atoms with van der Waals surface area (Å²) in [6, 6.07) is -1.18. The molecule has 0 aromatic carbocycles. The molecule has 1 saturated carbocycles. The number of hydrogen-bond acceptors (Lipinski definition) is 6. The summed E-state index contributed by atoms with van der Waals surface area (Å²) >= 11 is 0. The van der Waals surface area contributed by atoms with Gasteiger partial charge in [0.25, 0.3) is 0 Å². The van der Waals surface area contributed by atoms with Crippen molar-refractivity contribution in [2.75, 3.05) is 32.7 Å². The van der Waals surface area contributed by atoms with Crippen LogP contribution in [0.1, 0.15) is 32.1 Å². The minimum absolute atomic E-state index is 0.0138. The second kappa shape index (κ2) is 11.3. The van der Waals surface area contributed by atoms with Gasteiger partial charge in [-0.2, -0.15) is 0 Å². The van der Waals surface area contributed by atoms with Gasteiger partial charge < -0.3 is 37.4 Å². The van der Waals surface area contributed by atoms with Crippen LogP contribution in [0.25, 0.3) is 0 Å². The highest BCUT2D eigenvalue weighted by atomic mass is 16.4. The van der Waals surface area contributed by atoms with Crippen molar-refractivity contribution in [1.82, 2.24) is 15.1 Å². The zero-order valence-electron chi connectivity index (χ0n) is 17.9. The average Bonchev–Trinajstić information content (AvgIpc) is 2.73. The molecule has 1 aliphatic heterocycles. The Kier molecular flexibility index (Phi) is 8.79. The number of aliphatic carboxylic acids is 1. The molecule has 4 amide bonds. The summed E-state index contributed by atoms with van der Waals surface area (Å²) in [5, 5.41) is 11.5. The molecule has 1 saturated heterocycles. The molecule has 2 rings (SSSR count). The first kappa shape index (κ1) is 24.9. The van der Waals surface area contributed by atoms with Crippen molar-refractivity contribution >= 4 is 35.6 Å². The third-order valence-corrected chi connectivity index (χ3v) is 5.79. The van der Waals surface area contributed by atoms with E-state index in [-0.39, 0.29) is 37.4 Å². The smallest absolute Gasteiger partial charge is 0.323 e. The lowest BCUT2D eigenvalue weighted by Crippen LogP contribution is -2.61. The van der Waals surface area contributed by atoms with Gasteiger partial charge in [0, 0.05) is 25.6 Å². The van der Waals surface area contributed by atoms with E-state index in [1.54, 1.807) is 0 Å². The summed E-state index contributed by atoms with van der Waals surface area (Å²) in [6.45, 7) is -0.271. The Balaban J connectivity index is 1.88. The molecule has 1 aliphatic carbocycles. The number of carbonyl (C=O) groups excluding carboxylic acids is 4. The van der Waals surface area contributed by atoms with Crippen LogP contribution in [-0.2, 0) is 24.0 Å². The molecule has 0 spiro atoms. The lowest BCUT2D eigenvalue weighted by molar-refractivity contribution is -0.156. The fraction of sp³-hybridized carbons (Fsp3) is 0.684. The number of nitrogens with two attached hydrogens (primary N) is 3. The number of rotatable bonds is 9. The Hall–Kier alpha value is -3.38. The lowest BCUT2D eigenvalue weighted by Gasteiger charge is -2.39. The molecule has 0 unspecified atom stereocenters. The van der Waals surface area contributed by atoms with E-state index in [4.69, 9.17) is 22.3 Å². The molecule has 8 N–H and O–H groups in total.